The molecule has 0 radical (unpaired) electrons. The van der Waals surface area contributed by atoms with E-state index in [9.17, 15) is 0 Å². The van der Waals surface area contributed by atoms with Gasteiger partial charge in [0.1, 0.15) is 5.75 Å². The lowest BCUT2D eigenvalue weighted by molar-refractivity contribution is 0.414. The van der Waals surface area contributed by atoms with Crippen LogP contribution in [0.4, 0.5) is 0 Å². The van der Waals surface area contributed by atoms with Crippen molar-refractivity contribution in [3.63, 3.8) is 0 Å². The smallest absolute Gasteiger partial charge is 0.119 e. The first kappa shape index (κ1) is 13.2. The van der Waals surface area contributed by atoms with Gasteiger partial charge in [0, 0.05) is 12.5 Å². The first-order valence-corrected chi connectivity index (χ1v) is 7.17. The third kappa shape index (κ3) is 2.10. The van der Waals surface area contributed by atoms with Crippen LogP contribution in [0.15, 0.2) is 24.3 Å². The van der Waals surface area contributed by atoms with Crippen molar-refractivity contribution < 1.29 is 4.74 Å². The van der Waals surface area contributed by atoms with E-state index in [1.165, 1.54) is 17.7 Å². The fourth-order valence-corrected chi connectivity index (χ4v) is 3.12. The lowest BCUT2D eigenvalue weighted by atomic mass is 9.86. The third-order valence-electron chi connectivity index (χ3n) is 4.19. The second-order valence-electron chi connectivity index (χ2n) is 5.38. The summed E-state index contributed by atoms with van der Waals surface area (Å²) in [4.78, 5) is 0. The van der Waals surface area contributed by atoms with E-state index in [0.717, 1.165) is 30.0 Å². The Hall–Kier alpha value is -1.81. The van der Waals surface area contributed by atoms with Crippen LogP contribution in [0.25, 0.3) is 5.69 Å². The quantitative estimate of drug-likeness (QED) is 0.933. The first-order chi connectivity index (χ1) is 9.74. The number of aryl methyl sites for hydroxylation is 1. The Balaban J connectivity index is 2.09. The highest BCUT2D eigenvalue weighted by Crippen LogP contribution is 2.34. The lowest BCUT2D eigenvalue weighted by Crippen LogP contribution is -2.21. The van der Waals surface area contributed by atoms with Crippen LogP contribution in [0.3, 0.4) is 0 Å². The highest BCUT2D eigenvalue weighted by molar-refractivity contribution is 5.42. The minimum Gasteiger partial charge on any atom is -0.497 e. The van der Waals surface area contributed by atoms with Gasteiger partial charge in [0.15, 0.2) is 0 Å². The molecule has 2 N–H and O–H groups in total. The number of methoxy groups -OCH3 is 1. The highest BCUT2D eigenvalue weighted by atomic mass is 16.5. The normalized spacial score (nSPS) is 17.9. The summed E-state index contributed by atoms with van der Waals surface area (Å²) in [7, 11) is 1.68. The molecule has 3 rings (SSSR count). The molecule has 1 heterocycles. The summed E-state index contributed by atoms with van der Waals surface area (Å²) in [5.74, 6) is 1.28. The monoisotopic (exact) mass is 271 g/mol. The maximum Gasteiger partial charge on any atom is 0.119 e. The molecule has 1 aliphatic rings. The van der Waals surface area contributed by atoms with Crippen molar-refractivity contribution in [1.29, 1.82) is 0 Å². The SMILES string of the molecule is COc1ccc(-n2nc(C)c3c2C(CN)CCC3)cc1. The highest BCUT2D eigenvalue weighted by Gasteiger charge is 2.26. The number of aromatic nitrogens is 2. The summed E-state index contributed by atoms with van der Waals surface area (Å²) in [5, 5.41) is 4.74. The van der Waals surface area contributed by atoms with Gasteiger partial charge in [-0.15, -0.1) is 0 Å². The molecule has 1 atom stereocenters. The van der Waals surface area contributed by atoms with Crippen molar-refractivity contribution in [1.82, 2.24) is 9.78 Å². The van der Waals surface area contributed by atoms with Crippen molar-refractivity contribution in [3.05, 3.63) is 41.2 Å². The zero-order valence-corrected chi connectivity index (χ0v) is 12.1. The second kappa shape index (κ2) is 5.29. The second-order valence-corrected chi connectivity index (χ2v) is 5.38. The standard InChI is InChI=1S/C16H21N3O/c1-11-15-5-3-4-12(10-17)16(15)19(18-11)13-6-8-14(20-2)9-7-13/h6-9,12H,3-5,10,17H2,1-2H3. The Kier molecular flexibility index (Phi) is 3.49. The largest absolute Gasteiger partial charge is 0.497 e. The first-order valence-electron chi connectivity index (χ1n) is 7.17. The molecule has 20 heavy (non-hydrogen) atoms. The Bertz CT molecular complexity index is 601. The number of nitrogens with two attached hydrogens (primary N) is 1. The van der Waals surface area contributed by atoms with Crippen molar-refractivity contribution in [3.8, 4) is 11.4 Å². The third-order valence-corrected chi connectivity index (χ3v) is 4.19. The molecule has 0 bridgehead atoms. The van der Waals surface area contributed by atoms with Crippen LogP contribution in [0.2, 0.25) is 0 Å². The van der Waals surface area contributed by atoms with E-state index < -0.39 is 0 Å². The molecule has 1 aromatic heterocycles. The van der Waals surface area contributed by atoms with Gasteiger partial charge >= 0.3 is 0 Å². The Morgan fingerprint density at radius 3 is 2.75 bits per heavy atom. The Morgan fingerprint density at radius 1 is 1.35 bits per heavy atom. The van der Waals surface area contributed by atoms with Crippen LogP contribution in [0.5, 0.6) is 5.75 Å². The predicted molar refractivity (Wildman–Crippen MR) is 79.6 cm³/mol. The average Bonchev–Trinajstić information content (AvgIpc) is 2.85. The molecule has 0 fully saturated rings. The van der Waals surface area contributed by atoms with Gasteiger partial charge in [0.2, 0.25) is 0 Å². The molecule has 0 amide bonds. The zero-order chi connectivity index (χ0) is 14.1. The Labute approximate surface area is 119 Å². The summed E-state index contributed by atoms with van der Waals surface area (Å²) in [5.41, 5.74) is 10.9. The van der Waals surface area contributed by atoms with E-state index in [1.807, 2.05) is 24.3 Å². The number of nitrogens with zero attached hydrogens (tertiary/aromatic N) is 2. The molecule has 1 unspecified atom stereocenters. The number of hydrogen-bond donors (Lipinski definition) is 1. The molecule has 4 heteroatoms. The lowest BCUT2D eigenvalue weighted by Gasteiger charge is -2.23. The maximum atomic E-state index is 5.96. The minimum atomic E-state index is 0.419. The van der Waals surface area contributed by atoms with Gasteiger partial charge in [-0.3, -0.25) is 0 Å². The molecule has 0 spiro atoms. The van der Waals surface area contributed by atoms with Gasteiger partial charge in [-0.1, -0.05) is 0 Å². The average molecular weight is 271 g/mol. The topological polar surface area (TPSA) is 53.1 Å². The minimum absolute atomic E-state index is 0.419. The van der Waals surface area contributed by atoms with E-state index in [2.05, 4.69) is 11.6 Å². The van der Waals surface area contributed by atoms with Crippen molar-refractivity contribution in [2.75, 3.05) is 13.7 Å². The fourth-order valence-electron chi connectivity index (χ4n) is 3.12. The fraction of sp³-hybridized carbons (Fsp3) is 0.438. The summed E-state index contributed by atoms with van der Waals surface area (Å²) in [6.45, 7) is 2.78. The molecule has 2 aromatic rings. The number of ether oxygens (including phenoxy) is 1. The van der Waals surface area contributed by atoms with Crippen LogP contribution in [-0.4, -0.2) is 23.4 Å². The van der Waals surface area contributed by atoms with Crippen molar-refractivity contribution in [2.24, 2.45) is 5.73 Å². The molecule has 1 aromatic carbocycles. The number of fused-ring (bicyclic) bond motifs is 1. The van der Waals surface area contributed by atoms with Crippen LogP contribution in [-0.2, 0) is 6.42 Å². The van der Waals surface area contributed by atoms with E-state index in [0.29, 0.717) is 12.5 Å². The summed E-state index contributed by atoms with van der Waals surface area (Å²) >= 11 is 0. The predicted octanol–water partition coefficient (Wildman–Crippen LogP) is 2.57. The van der Waals surface area contributed by atoms with E-state index in [-0.39, 0.29) is 0 Å². The van der Waals surface area contributed by atoms with E-state index in [1.54, 1.807) is 7.11 Å². The van der Waals surface area contributed by atoms with Crippen molar-refractivity contribution >= 4 is 0 Å². The number of benzene rings is 1. The molecule has 106 valence electrons. The van der Waals surface area contributed by atoms with Gasteiger partial charge in [-0.05, 0) is 56.0 Å². The number of rotatable bonds is 3. The van der Waals surface area contributed by atoms with Crippen LogP contribution < -0.4 is 10.5 Å². The molecule has 0 saturated carbocycles. The van der Waals surface area contributed by atoms with Gasteiger partial charge < -0.3 is 10.5 Å². The molecule has 1 aliphatic carbocycles. The van der Waals surface area contributed by atoms with Gasteiger partial charge in [0.05, 0.1) is 24.2 Å². The Morgan fingerprint density at radius 2 is 2.10 bits per heavy atom. The van der Waals surface area contributed by atoms with Crippen LogP contribution in [0, 0.1) is 6.92 Å². The molecule has 0 saturated heterocycles. The van der Waals surface area contributed by atoms with E-state index in [4.69, 9.17) is 15.6 Å². The van der Waals surface area contributed by atoms with Gasteiger partial charge in [0.25, 0.3) is 0 Å². The zero-order valence-electron chi connectivity index (χ0n) is 12.1. The van der Waals surface area contributed by atoms with Crippen LogP contribution >= 0.6 is 0 Å². The maximum absolute atomic E-state index is 5.96. The number of hydrogen-bond acceptors (Lipinski definition) is 3. The molecule has 0 aliphatic heterocycles. The van der Waals surface area contributed by atoms with Gasteiger partial charge in [-0.2, -0.15) is 5.10 Å². The van der Waals surface area contributed by atoms with E-state index >= 15 is 0 Å². The molecular formula is C16H21N3O. The summed E-state index contributed by atoms with van der Waals surface area (Å²) in [6, 6.07) is 8.04. The van der Waals surface area contributed by atoms with Crippen LogP contribution in [0.1, 0.15) is 35.7 Å². The van der Waals surface area contributed by atoms with Gasteiger partial charge in [-0.25, -0.2) is 4.68 Å². The summed E-state index contributed by atoms with van der Waals surface area (Å²) in [6.07, 6.45) is 3.49. The molecular weight excluding hydrogens is 250 g/mol. The van der Waals surface area contributed by atoms with Crippen molar-refractivity contribution in [2.45, 2.75) is 32.1 Å². The summed E-state index contributed by atoms with van der Waals surface area (Å²) < 4.78 is 7.29. The molecule has 4 nitrogen and oxygen atoms in total.